The van der Waals surface area contributed by atoms with Crippen molar-refractivity contribution >= 4 is 40.6 Å². The van der Waals surface area contributed by atoms with E-state index >= 15 is 0 Å². The summed E-state index contributed by atoms with van der Waals surface area (Å²) in [6.07, 6.45) is 1.19. The molecule has 1 aliphatic carbocycles. The molecule has 0 bridgehead atoms. The highest BCUT2D eigenvalue weighted by molar-refractivity contribution is 6.49. The Bertz CT molecular complexity index is 289. The Morgan fingerprint density at radius 2 is 1.75 bits per heavy atom. The average Bonchev–Trinajstić information content (AvgIpc) is 2.00. The van der Waals surface area contributed by atoms with Crippen molar-refractivity contribution in [2.24, 2.45) is 0 Å². The van der Waals surface area contributed by atoms with Crippen molar-refractivity contribution in [2.75, 3.05) is 0 Å². The van der Waals surface area contributed by atoms with E-state index in [0.29, 0.717) is 33.5 Å². The first-order chi connectivity index (χ1) is 5.54. The summed E-state index contributed by atoms with van der Waals surface area (Å²) in [4.78, 5) is 11.0. The zero-order valence-corrected chi connectivity index (χ0v) is 8.72. The SMILES string of the molecule is CC(=O)C1=C(Cl)C(Cl)=C(Cl)CC1. The molecule has 1 aliphatic rings. The summed E-state index contributed by atoms with van der Waals surface area (Å²) in [7, 11) is 0. The number of ketones is 1. The topological polar surface area (TPSA) is 17.1 Å². The minimum atomic E-state index is -0.0395. The molecule has 0 aliphatic heterocycles. The van der Waals surface area contributed by atoms with Crippen molar-refractivity contribution in [1.29, 1.82) is 0 Å². The van der Waals surface area contributed by atoms with Crippen molar-refractivity contribution in [3.8, 4) is 0 Å². The Morgan fingerprint density at radius 3 is 2.25 bits per heavy atom. The van der Waals surface area contributed by atoms with Gasteiger partial charge in [-0.2, -0.15) is 0 Å². The first kappa shape index (κ1) is 10.1. The van der Waals surface area contributed by atoms with Crippen LogP contribution in [0.5, 0.6) is 0 Å². The largest absolute Gasteiger partial charge is 0.295 e. The molecule has 1 rings (SSSR count). The lowest BCUT2D eigenvalue weighted by Crippen LogP contribution is -2.04. The van der Waals surface area contributed by atoms with Crippen molar-refractivity contribution < 1.29 is 4.79 Å². The maximum Gasteiger partial charge on any atom is 0.157 e. The second kappa shape index (κ2) is 3.82. The van der Waals surface area contributed by atoms with Gasteiger partial charge < -0.3 is 0 Å². The number of rotatable bonds is 1. The van der Waals surface area contributed by atoms with Crippen molar-refractivity contribution in [3.63, 3.8) is 0 Å². The molecule has 0 saturated carbocycles. The second-order valence-electron chi connectivity index (χ2n) is 2.57. The number of carbonyl (C=O) groups excluding carboxylic acids is 1. The van der Waals surface area contributed by atoms with Crippen LogP contribution < -0.4 is 0 Å². The Hall–Kier alpha value is 0.0200. The van der Waals surface area contributed by atoms with Gasteiger partial charge in [-0.1, -0.05) is 34.8 Å². The van der Waals surface area contributed by atoms with Gasteiger partial charge in [-0.25, -0.2) is 0 Å². The fraction of sp³-hybridized carbons (Fsp3) is 0.375. The van der Waals surface area contributed by atoms with Gasteiger partial charge in [0.15, 0.2) is 5.78 Å². The van der Waals surface area contributed by atoms with E-state index in [1.807, 2.05) is 0 Å². The average molecular weight is 226 g/mol. The molecule has 0 amide bonds. The Morgan fingerprint density at radius 1 is 1.17 bits per heavy atom. The third-order valence-electron chi connectivity index (χ3n) is 1.72. The second-order valence-corrected chi connectivity index (χ2v) is 3.78. The first-order valence-corrected chi connectivity index (χ1v) is 4.61. The fourth-order valence-electron chi connectivity index (χ4n) is 1.04. The van der Waals surface area contributed by atoms with Gasteiger partial charge in [0.1, 0.15) is 0 Å². The van der Waals surface area contributed by atoms with Crippen molar-refractivity contribution in [1.82, 2.24) is 0 Å². The van der Waals surface area contributed by atoms with E-state index in [1.165, 1.54) is 6.92 Å². The van der Waals surface area contributed by atoms with Crippen LogP contribution in [0.4, 0.5) is 0 Å². The van der Waals surface area contributed by atoms with Crippen molar-refractivity contribution in [3.05, 3.63) is 20.7 Å². The van der Waals surface area contributed by atoms with E-state index in [-0.39, 0.29) is 5.78 Å². The van der Waals surface area contributed by atoms with E-state index < -0.39 is 0 Å². The summed E-state index contributed by atoms with van der Waals surface area (Å²) < 4.78 is 0. The molecule has 4 heteroatoms. The summed E-state index contributed by atoms with van der Waals surface area (Å²) >= 11 is 17.3. The van der Waals surface area contributed by atoms with Gasteiger partial charge in [-0.05, 0) is 19.8 Å². The normalized spacial score (nSPS) is 18.7. The minimum Gasteiger partial charge on any atom is -0.295 e. The molecule has 0 aromatic rings. The van der Waals surface area contributed by atoms with E-state index in [9.17, 15) is 4.79 Å². The Kier molecular flexibility index (Phi) is 3.22. The van der Waals surface area contributed by atoms with Crippen LogP contribution in [0.2, 0.25) is 0 Å². The van der Waals surface area contributed by atoms with E-state index in [4.69, 9.17) is 34.8 Å². The number of hydrogen-bond donors (Lipinski definition) is 0. The molecule has 0 spiro atoms. The van der Waals surface area contributed by atoms with Crippen LogP contribution >= 0.6 is 34.8 Å². The van der Waals surface area contributed by atoms with E-state index in [1.54, 1.807) is 0 Å². The molecule has 0 aromatic carbocycles. The van der Waals surface area contributed by atoms with Gasteiger partial charge in [0.05, 0.1) is 10.1 Å². The quantitative estimate of drug-likeness (QED) is 0.667. The van der Waals surface area contributed by atoms with Crippen LogP contribution in [-0.2, 0) is 4.79 Å². The summed E-state index contributed by atoms with van der Waals surface area (Å²) in [6.45, 7) is 1.47. The molecule has 12 heavy (non-hydrogen) atoms. The van der Waals surface area contributed by atoms with Gasteiger partial charge in [-0.15, -0.1) is 0 Å². The van der Waals surface area contributed by atoms with E-state index in [2.05, 4.69) is 0 Å². The van der Waals surface area contributed by atoms with Crippen LogP contribution in [-0.4, -0.2) is 5.78 Å². The summed E-state index contributed by atoms with van der Waals surface area (Å²) in [6, 6.07) is 0. The molecular weight excluding hydrogens is 218 g/mol. The van der Waals surface area contributed by atoms with Gasteiger partial charge in [0.25, 0.3) is 0 Å². The molecular formula is C8H7Cl3O. The molecule has 0 fully saturated rings. The summed E-state index contributed by atoms with van der Waals surface area (Å²) in [5, 5.41) is 1.15. The Balaban J connectivity index is 3.11. The minimum absolute atomic E-state index is 0.0395. The molecule has 0 unspecified atom stereocenters. The lowest BCUT2D eigenvalue weighted by atomic mass is 10.0. The molecule has 1 nitrogen and oxygen atoms in total. The van der Waals surface area contributed by atoms with Crippen LogP contribution in [0.15, 0.2) is 20.7 Å². The number of halogens is 3. The monoisotopic (exact) mass is 224 g/mol. The summed E-state index contributed by atoms with van der Waals surface area (Å²) in [5.74, 6) is -0.0395. The number of carbonyl (C=O) groups is 1. The lowest BCUT2D eigenvalue weighted by molar-refractivity contribution is -0.113. The molecule has 0 radical (unpaired) electrons. The highest BCUT2D eigenvalue weighted by atomic mass is 35.5. The predicted octanol–water partition coefficient (Wildman–Crippen LogP) is 3.55. The zero-order chi connectivity index (χ0) is 9.30. The maximum atomic E-state index is 11.0. The Labute approximate surface area is 86.0 Å². The number of hydrogen-bond acceptors (Lipinski definition) is 1. The third kappa shape index (κ3) is 1.85. The zero-order valence-electron chi connectivity index (χ0n) is 6.46. The molecule has 0 heterocycles. The molecule has 66 valence electrons. The van der Waals surface area contributed by atoms with Gasteiger partial charge in [0.2, 0.25) is 0 Å². The number of Topliss-reactive ketones (excluding diaryl/α,β-unsaturated/α-hetero) is 1. The molecule has 0 saturated heterocycles. The summed E-state index contributed by atoms with van der Waals surface area (Å²) in [5.41, 5.74) is 0.575. The standard InChI is InChI=1S/C8H7Cl3O/c1-4(12)5-2-3-6(9)8(11)7(5)10/h2-3H2,1H3. The fourth-order valence-corrected chi connectivity index (χ4v) is 1.82. The van der Waals surface area contributed by atoms with Crippen LogP contribution in [0, 0.1) is 0 Å². The first-order valence-electron chi connectivity index (χ1n) is 3.48. The predicted molar refractivity (Wildman–Crippen MR) is 51.5 cm³/mol. The smallest absolute Gasteiger partial charge is 0.157 e. The van der Waals surface area contributed by atoms with Crippen molar-refractivity contribution in [2.45, 2.75) is 19.8 Å². The molecule has 0 N–H and O–H groups in total. The van der Waals surface area contributed by atoms with Crippen LogP contribution in [0.1, 0.15) is 19.8 Å². The van der Waals surface area contributed by atoms with Gasteiger partial charge >= 0.3 is 0 Å². The van der Waals surface area contributed by atoms with E-state index in [0.717, 1.165) is 0 Å². The lowest BCUT2D eigenvalue weighted by Gasteiger charge is -2.13. The molecule has 0 atom stereocenters. The highest BCUT2D eigenvalue weighted by Crippen LogP contribution is 2.37. The van der Waals surface area contributed by atoms with Crippen LogP contribution in [0.25, 0.3) is 0 Å². The number of allylic oxidation sites excluding steroid dienone is 4. The van der Waals surface area contributed by atoms with Gasteiger partial charge in [-0.3, -0.25) is 4.79 Å². The third-order valence-corrected chi connectivity index (χ3v) is 3.12. The van der Waals surface area contributed by atoms with Gasteiger partial charge in [0, 0.05) is 10.6 Å². The highest BCUT2D eigenvalue weighted by Gasteiger charge is 2.20. The molecule has 0 aromatic heterocycles. The van der Waals surface area contributed by atoms with Crippen LogP contribution in [0.3, 0.4) is 0 Å². The maximum absolute atomic E-state index is 11.0.